The minimum absolute atomic E-state index is 0.0452. The van der Waals surface area contributed by atoms with Gasteiger partial charge in [0.05, 0.1) is 11.4 Å². The molecule has 0 saturated carbocycles. The minimum atomic E-state index is -0.0452. The number of nitrogens with zero attached hydrogens (tertiary/aromatic N) is 2. The Balaban J connectivity index is 2.91. The molecule has 0 saturated heterocycles. The van der Waals surface area contributed by atoms with Gasteiger partial charge in [-0.1, -0.05) is 0 Å². The summed E-state index contributed by atoms with van der Waals surface area (Å²) in [6.45, 7) is 2.43. The molecule has 1 heterocycles. The average molecular weight is 169 g/mol. The maximum Gasteiger partial charge on any atom is 0.111 e. The highest BCUT2D eigenvalue weighted by molar-refractivity contribution is 5.11. The third-order valence-corrected chi connectivity index (χ3v) is 1.87. The highest BCUT2D eigenvalue weighted by Crippen LogP contribution is 2.14. The van der Waals surface area contributed by atoms with E-state index in [0.29, 0.717) is 6.54 Å². The van der Waals surface area contributed by atoms with Gasteiger partial charge in [-0.3, -0.25) is 4.68 Å². The molecule has 1 aromatic rings. The second-order valence-corrected chi connectivity index (χ2v) is 2.79. The maximum absolute atomic E-state index is 5.53. The molecule has 0 radical (unpaired) electrons. The first-order chi connectivity index (χ1) is 5.69. The van der Waals surface area contributed by atoms with Crippen LogP contribution >= 0.6 is 0 Å². The van der Waals surface area contributed by atoms with Gasteiger partial charge in [-0.05, 0) is 13.0 Å². The maximum atomic E-state index is 5.53. The lowest BCUT2D eigenvalue weighted by atomic mass is 10.2. The van der Waals surface area contributed by atoms with E-state index in [0.717, 1.165) is 11.4 Å². The number of nitrogens with two attached hydrogens (primary N) is 1. The van der Waals surface area contributed by atoms with E-state index in [4.69, 9.17) is 10.5 Å². The van der Waals surface area contributed by atoms with Crippen molar-refractivity contribution < 1.29 is 4.74 Å². The van der Waals surface area contributed by atoms with Crippen LogP contribution in [0.2, 0.25) is 0 Å². The van der Waals surface area contributed by atoms with Crippen molar-refractivity contribution in [1.82, 2.24) is 9.78 Å². The topological polar surface area (TPSA) is 53.1 Å². The van der Waals surface area contributed by atoms with Crippen molar-refractivity contribution in [2.45, 2.75) is 13.0 Å². The lowest BCUT2D eigenvalue weighted by Gasteiger charge is -2.12. The standard InChI is InChI=1S/C8H15N3O/c1-6-4-7(11(2)10-6)8(5-9)12-3/h4,8H,5,9H2,1-3H3. The third kappa shape index (κ3) is 1.65. The zero-order valence-corrected chi connectivity index (χ0v) is 7.74. The van der Waals surface area contributed by atoms with Crippen LogP contribution in [0.3, 0.4) is 0 Å². The van der Waals surface area contributed by atoms with Gasteiger partial charge >= 0.3 is 0 Å². The second-order valence-electron chi connectivity index (χ2n) is 2.79. The second kappa shape index (κ2) is 3.69. The fraction of sp³-hybridized carbons (Fsp3) is 0.625. The SMILES string of the molecule is COC(CN)c1cc(C)nn1C. The molecule has 0 fully saturated rings. The normalized spacial score (nSPS) is 13.3. The number of hydrogen-bond acceptors (Lipinski definition) is 3. The summed E-state index contributed by atoms with van der Waals surface area (Å²) in [4.78, 5) is 0. The molecule has 12 heavy (non-hydrogen) atoms. The molecule has 0 aliphatic heterocycles. The van der Waals surface area contributed by atoms with Crippen LogP contribution in [-0.2, 0) is 11.8 Å². The van der Waals surface area contributed by atoms with Crippen molar-refractivity contribution in [3.8, 4) is 0 Å². The van der Waals surface area contributed by atoms with E-state index >= 15 is 0 Å². The number of hydrogen-bond donors (Lipinski definition) is 1. The summed E-state index contributed by atoms with van der Waals surface area (Å²) in [6, 6.07) is 1.99. The molecule has 4 heteroatoms. The Labute approximate surface area is 72.3 Å². The van der Waals surface area contributed by atoms with Crippen molar-refractivity contribution in [2.24, 2.45) is 12.8 Å². The van der Waals surface area contributed by atoms with Gasteiger partial charge in [0.25, 0.3) is 0 Å². The van der Waals surface area contributed by atoms with Crippen molar-refractivity contribution in [3.05, 3.63) is 17.5 Å². The van der Waals surface area contributed by atoms with Gasteiger partial charge in [0.15, 0.2) is 0 Å². The fourth-order valence-corrected chi connectivity index (χ4v) is 1.27. The number of aryl methyl sites for hydroxylation is 2. The van der Waals surface area contributed by atoms with Gasteiger partial charge in [-0.2, -0.15) is 5.10 Å². The van der Waals surface area contributed by atoms with Gasteiger partial charge in [-0.15, -0.1) is 0 Å². The summed E-state index contributed by atoms with van der Waals surface area (Å²) >= 11 is 0. The molecule has 1 unspecified atom stereocenters. The van der Waals surface area contributed by atoms with E-state index < -0.39 is 0 Å². The Bertz CT molecular complexity index is 253. The fourth-order valence-electron chi connectivity index (χ4n) is 1.27. The van der Waals surface area contributed by atoms with E-state index in [1.54, 1.807) is 11.8 Å². The van der Waals surface area contributed by atoms with Crippen molar-refractivity contribution in [3.63, 3.8) is 0 Å². The molecule has 2 N–H and O–H groups in total. The Hall–Kier alpha value is -0.870. The summed E-state index contributed by atoms with van der Waals surface area (Å²) in [5.74, 6) is 0. The Morgan fingerprint density at radius 3 is 2.75 bits per heavy atom. The molecular weight excluding hydrogens is 154 g/mol. The number of aromatic nitrogens is 2. The largest absolute Gasteiger partial charge is 0.374 e. The van der Waals surface area contributed by atoms with Crippen LogP contribution in [0.15, 0.2) is 6.07 Å². The molecule has 0 bridgehead atoms. The highest BCUT2D eigenvalue weighted by atomic mass is 16.5. The van der Waals surface area contributed by atoms with Crippen LogP contribution in [0.4, 0.5) is 0 Å². The highest BCUT2D eigenvalue weighted by Gasteiger charge is 2.12. The molecule has 0 aromatic carbocycles. The molecule has 1 rings (SSSR count). The molecule has 1 atom stereocenters. The summed E-state index contributed by atoms with van der Waals surface area (Å²) in [6.07, 6.45) is -0.0452. The van der Waals surface area contributed by atoms with Crippen molar-refractivity contribution >= 4 is 0 Å². The number of methoxy groups -OCH3 is 1. The molecule has 68 valence electrons. The van der Waals surface area contributed by atoms with Gasteiger partial charge in [-0.25, -0.2) is 0 Å². The minimum Gasteiger partial charge on any atom is -0.374 e. The number of rotatable bonds is 3. The first kappa shape index (κ1) is 9.22. The van der Waals surface area contributed by atoms with Crippen molar-refractivity contribution in [1.29, 1.82) is 0 Å². The molecular formula is C8H15N3O. The van der Waals surface area contributed by atoms with Crippen LogP contribution in [0, 0.1) is 6.92 Å². The Morgan fingerprint density at radius 1 is 1.75 bits per heavy atom. The zero-order valence-electron chi connectivity index (χ0n) is 7.74. The van der Waals surface area contributed by atoms with E-state index in [-0.39, 0.29) is 6.10 Å². The molecule has 0 aliphatic carbocycles. The lowest BCUT2D eigenvalue weighted by Crippen LogP contribution is -2.17. The van der Waals surface area contributed by atoms with Gasteiger partial charge < -0.3 is 10.5 Å². The molecule has 4 nitrogen and oxygen atoms in total. The Kier molecular flexibility index (Phi) is 2.83. The van der Waals surface area contributed by atoms with Crippen molar-refractivity contribution in [2.75, 3.05) is 13.7 Å². The zero-order chi connectivity index (χ0) is 9.14. The molecule has 1 aromatic heterocycles. The predicted octanol–water partition coefficient (Wildman–Crippen LogP) is 0.375. The van der Waals surface area contributed by atoms with E-state index in [1.165, 1.54) is 0 Å². The number of ether oxygens (including phenoxy) is 1. The first-order valence-electron chi connectivity index (χ1n) is 3.92. The smallest absolute Gasteiger partial charge is 0.111 e. The molecule has 0 amide bonds. The van der Waals surface area contributed by atoms with Gasteiger partial charge in [0.2, 0.25) is 0 Å². The monoisotopic (exact) mass is 169 g/mol. The Morgan fingerprint density at radius 2 is 2.42 bits per heavy atom. The predicted molar refractivity (Wildman–Crippen MR) is 46.7 cm³/mol. The van der Waals surface area contributed by atoms with Crippen LogP contribution < -0.4 is 5.73 Å². The van der Waals surface area contributed by atoms with Crippen LogP contribution in [0.1, 0.15) is 17.5 Å². The summed E-state index contributed by atoms with van der Waals surface area (Å²) < 4.78 is 7.00. The lowest BCUT2D eigenvalue weighted by molar-refractivity contribution is 0.103. The third-order valence-electron chi connectivity index (χ3n) is 1.87. The molecule has 0 aliphatic rings. The average Bonchev–Trinajstić information content (AvgIpc) is 2.34. The van der Waals surface area contributed by atoms with Crippen LogP contribution in [-0.4, -0.2) is 23.4 Å². The van der Waals surface area contributed by atoms with E-state index in [2.05, 4.69) is 5.10 Å². The van der Waals surface area contributed by atoms with Gasteiger partial charge in [0, 0.05) is 20.7 Å². The van der Waals surface area contributed by atoms with E-state index in [9.17, 15) is 0 Å². The quantitative estimate of drug-likeness (QED) is 0.711. The van der Waals surface area contributed by atoms with E-state index in [1.807, 2.05) is 20.0 Å². The van der Waals surface area contributed by atoms with Gasteiger partial charge in [0.1, 0.15) is 6.10 Å². The molecule has 0 spiro atoms. The summed E-state index contributed by atoms with van der Waals surface area (Å²) in [5.41, 5.74) is 7.54. The summed E-state index contributed by atoms with van der Waals surface area (Å²) in [7, 11) is 3.55. The van der Waals surface area contributed by atoms with Crippen LogP contribution in [0.25, 0.3) is 0 Å². The first-order valence-corrected chi connectivity index (χ1v) is 3.92. The summed E-state index contributed by atoms with van der Waals surface area (Å²) in [5, 5.41) is 4.21. The van der Waals surface area contributed by atoms with Crippen LogP contribution in [0.5, 0.6) is 0 Å².